The number of rotatable bonds is 4. The van der Waals surface area contributed by atoms with E-state index in [9.17, 15) is 4.79 Å². The second kappa shape index (κ2) is 6.53. The molecule has 0 saturated carbocycles. The van der Waals surface area contributed by atoms with Gasteiger partial charge < -0.3 is 10.1 Å². The molecule has 0 spiro atoms. The molecule has 1 amide bonds. The van der Waals surface area contributed by atoms with Gasteiger partial charge in [0.25, 0.3) is 5.91 Å². The zero-order valence-electron chi connectivity index (χ0n) is 13.8. The number of carbonyl (C=O) groups excluding carboxylic acids is 1. The molecule has 3 rings (SSSR count). The van der Waals surface area contributed by atoms with Crippen LogP contribution in [0.15, 0.2) is 36.5 Å². The van der Waals surface area contributed by atoms with Crippen LogP contribution in [0.2, 0.25) is 5.02 Å². The molecule has 124 valence electrons. The maximum Gasteiger partial charge on any atom is 0.274 e. The number of carbonyl (C=O) groups is 1. The lowest BCUT2D eigenvalue weighted by atomic mass is 10.2. The first-order valence-corrected chi connectivity index (χ1v) is 8.07. The average molecular weight is 344 g/mol. The highest BCUT2D eigenvalue weighted by atomic mass is 35.5. The van der Waals surface area contributed by atoms with E-state index in [0.717, 1.165) is 5.56 Å². The van der Waals surface area contributed by atoms with Crippen LogP contribution in [0.1, 0.15) is 28.7 Å². The van der Waals surface area contributed by atoms with Gasteiger partial charge in [0.15, 0.2) is 11.4 Å². The summed E-state index contributed by atoms with van der Waals surface area (Å²) in [5.41, 5.74) is 3.37. The lowest BCUT2D eigenvalue weighted by molar-refractivity contribution is 0.102. The molecule has 6 heteroatoms. The summed E-state index contributed by atoms with van der Waals surface area (Å²) in [7, 11) is 0. The maximum atomic E-state index is 12.8. The number of halogens is 1. The molecule has 0 saturated heterocycles. The molecule has 2 heterocycles. The number of benzene rings is 1. The summed E-state index contributed by atoms with van der Waals surface area (Å²) >= 11 is 6.02. The number of aromatic nitrogens is 2. The summed E-state index contributed by atoms with van der Waals surface area (Å²) in [5, 5.41) is 3.49. The fourth-order valence-electron chi connectivity index (χ4n) is 2.61. The van der Waals surface area contributed by atoms with E-state index in [1.807, 2.05) is 39.0 Å². The molecule has 0 aliphatic carbocycles. The lowest BCUT2D eigenvalue weighted by Gasteiger charge is -2.10. The lowest BCUT2D eigenvalue weighted by Crippen LogP contribution is -2.16. The van der Waals surface area contributed by atoms with Crippen molar-refractivity contribution in [2.24, 2.45) is 0 Å². The number of anilines is 1. The number of hydrogen-bond acceptors (Lipinski definition) is 3. The highest BCUT2D eigenvalue weighted by molar-refractivity contribution is 6.31. The van der Waals surface area contributed by atoms with Crippen molar-refractivity contribution in [1.82, 2.24) is 9.38 Å². The maximum absolute atomic E-state index is 12.8. The van der Waals surface area contributed by atoms with Crippen LogP contribution in [0.25, 0.3) is 5.65 Å². The number of pyridine rings is 1. The standard InChI is InChI=1S/C18H18ClN3O2/c1-4-24-15-6-5-9-22-16(12(3)20-17(15)22)18(23)21-14-10-13(19)8-7-11(14)2/h5-10H,4H2,1-3H3,(H,21,23). The van der Waals surface area contributed by atoms with E-state index >= 15 is 0 Å². The summed E-state index contributed by atoms with van der Waals surface area (Å²) in [6.07, 6.45) is 1.80. The summed E-state index contributed by atoms with van der Waals surface area (Å²) in [4.78, 5) is 17.3. The van der Waals surface area contributed by atoms with Gasteiger partial charge in [0.2, 0.25) is 0 Å². The average Bonchev–Trinajstić information content (AvgIpc) is 2.88. The molecular formula is C18H18ClN3O2. The molecule has 3 aromatic rings. The smallest absolute Gasteiger partial charge is 0.274 e. The zero-order chi connectivity index (χ0) is 17.3. The van der Waals surface area contributed by atoms with Crippen molar-refractivity contribution in [2.75, 3.05) is 11.9 Å². The third-order valence-electron chi connectivity index (χ3n) is 3.75. The first-order chi connectivity index (χ1) is 11.5. The van der Waals surface area contributed by atoms with Crippen molar-refractivity contribution in [3.8, 4) is 5.75 Å². The molecule has 0 fully saturated rings. The zero-order valence-corrected chi connectivity index (χ0v) is 14.5. The molecule has 1 aromatic carbocycles. The molecule has 0 aliphatic heterocycles. The van der Waals surface area contributed by atoms with Crippen LogP contribution < -0.4 is 10.1 Å². The highest BCUT2D eigenvalue weighted by Crippen LogP contribution is 2.24. The van der Waals surface area contributed by atoms with Gasteiger partial charge in [-0.1, -0.05) is 17.7 Å². The van der Waals surface area contributed by atoms with Crippen molar-refractivity contribution >= 4 is 28.8 Å². The number of hydrogen-bond donors (Lipinski definition) is 1. The van der Waals surface area contributed by atoms with Crippen LogP contribution in [0.5, 0.6) is 5.75 Å². The molecule has 0 bridgehead atoms. The van der Waals surface area contributed by atoms with Gasteiger partial charge in [-0.25, -0.2) is 4.98 Å². The van der Waals surface area contributed by atoms with Crippen molar-refractivity contribution in [2.45, 2.75) is 20.8 Å². The van der Waals surface area contributed by atoms with E-state index in [1.54, 1.807) is 22.7 Å². The molecule has 5 nitrogen and oxygen atoms in total. The Bertz CT molecular complexity index is 918. The van der Waals surface area contributed by atoms with Gasteiger partial charge in [-0.3, -0.25) is 9.20 Å². The van der Waals surface area contributed by atoms with Crippen LogP contribution in [0, 0.1) is 13.8 Å². The van der Waals surface area contributed by atoms with E-state index in [0.29, 0.717) is 40.1 Å². The van der Waals surface area contributed by atoms with Crippen molar-refractivity contribution in [3.05, 3.63) is 58.5 Å². The quantitative estimate of drug-likeness (QED) is 0.770. The highest BCUT2D eigenvalue weighted by Gasteiger charge is 2.19. The Morgan fingerprint density at radius 3 is 2.88 bits per heavy atom. The number of aryl methyl sites for hydroxylation is 2. The minimum Gasteiger partial charge on any atom is -0.490 e. The van der Waals surface area contributed by atoms with Crippen LogP contribution >= 0.6 is 11.6 Å². The number of nitrogens with zero attached hydrogens (tertiary/aromatic N) is 2. The summed E-state index contributed by atoms with van der Waals surface area (Å²) < 4.78 is 7.33. The van der Waals surface area contributed by atoms with E-state index in [-0.39, 0.29) is 5.91 Å². The monoisotopic (exact) mass is 343 g/mol. The molecule has 2 aromatic heterocycles. The van der Waals surface area contributed by atoms with E-state index < -0.39 is 0 Å². The summed E-state index contributed by atoms with van der Waals surface area (Å²) in [5.74, 6) is 0.417. The second-order valence-electron chi connectivity index (χ2n) is 5.46. The molecule has 24 heavy (non-hydrogen) atoms. The van der Waals surface area contributed by atoms with Crippen LogP contribution in [-0.4, -0.2) is 21.9 Å². The minimum atomic E-state index is -0.237. The Morgan fingerprint density at radius 1 is 1.33 bits per heavy atom. The van der Waals surface area contributed by atoms with Gasteiger partial charge in [-0.05, 0) is 50.6 Å². The number of imidazole rings is 1. The fraction of sp³-hybridized carbons (Fsp3) is 0.222. The molecular weight excluding hydrogens is 326 g/mol. The van der Waals surface area contributed by atoms with Crippen molar-refractivity contribution < 1.29 is 9.53 Å². The normalized spacial score (nSPS) is 10.8. The van der Waals surface area contributed by atoms with Gasteiger partial charge in [0.1, 0.15) is 5.69 Å². The first kappa shape index (κ1) is 16.3. The number of nitrogens with one attached hydrogen (secondary N) is 1. The molecule has 1 N–H and O–H groups in total. The van der Waals surface area contributed by atoms with Crippen LogP contribution in [0.4, 0.5) is 5.69 Å². The second-order valence-corrected chi connectivity index (χ2v) is 5.89. The van der Waals surface area contributed by atoms with E-state index in [2.05, 4.69) is 10.3 Å². The topological polar surface area (TPSA) is 55.6 Å². The van der Waals surface area contributed by atoms with Gasteiger partial charge in [0.05, 0.1) is 12.3 Å². The summed E-state index contributed by atoms with van der Waals surface area (Å²) in [6.45, 7) is 6.17. The summed E-state index contributed by atoms with van der Waals surface area (Å²) in [6, 6.07) is 9.07. The number of amides is 1. The Hall–Kier alpha value is -2.53. The predicted molar refractivity (Wildman–Crippen MR) is 95.2 cm³/mol. The number of fused-ring (bicyclic) bond motifs is 1. The van der Waals surface area contributed by atoms with Gasteiger partial charge in [-0.15, -0.1) is 0 Å². The molecule has 0 aliphatic rings. The minimum absolute atomic E-state index is 0.237. The van der Waals surface area contributed by atoms with Gasteiger partial charge in [-0.2, -0.15) is 0 Å². The Balaban J connectivity index is 2.02. The fourth-order valence-corrected chi connectivity index (χ4v) is 2.78. The largest absolute Gasteiger partial charge is 0.490 e. The van der Waals surface area contributed by atoms with Crippen LogP contribution in [0.3, 0.4) is 0 Å². The van der Waals surface area contributed by atoms with Crippen molar-refractivity contribution in [3.63, 3.8) is 0 Å². The van der Waals surface area contributed by atoms with Crippen molar-refractivity contribution in [1.29, 1.82) is 0 Å². The van der Waals surface area contributed by atoms with E-state index in [4.69, 9.17) is 16.3 Å². The van der Waals surface area contributed by atoms with E-state index in [1.165, 1.54) is 0 Å². The molecule has 0 unspecified atom stereocenters. The Kier molecular flexibility index (Phi) is 4.44. The van der Waals surface area contributed by atoms with Gasteiger partial charge >= 0.3 is 0 Å². The Morgan fingerprint density at radius 2 is 2.12 bits per heavy atom. The third kappa shape index (κ3) is 2.95. The third-order valence-corrected chi connectivity index (χ3v) is 3.99. The van der Waals surface area contributed by atoms with Gasteiger partial charge in [0, 0.05) is 16.9 Å². The molecule has 0 atom stereocenters. The Labute approximate surface area is 145 Å². The first-order valence-electron chi connectivity index (χ1n) is 7.69. The number of ether oxygens (including phenoxy) is 1. The SMILES string of the molecule is CCOc1cccn2c(C(=O)Nc3cc(Cl)ccc3C)c(C)nc12. The predicted octanol–water partition coefficient (Wildman–Crippen LogP) is 4.26. The molecule has 0 radical (unpaired) electrons. The van der Waals surface area contributed by atoms with Crippen LogP contribution in [-0.2, 0) is 0 Å².